The van der Waals surface area contributed by atoms with Gasteiger partial charge in [-0.1, -0.05) is 19.3 Å². The predicted octanol–water partition coefficient (Wildman–Crippen LogP) is 3.36. The second kappa shape index (κ2) is 7.29. The molecule has 0 aromatic carbocycles. The predicted molar refractivity (Wildman–Crippen MR) is 69.8 cm³/mol. The quantitative estimate of drug-likeness (QED) is 0.642. The first-order valence-electron chi connectivity index (χ1n) is 6.91. The van der Waals surface area contributed by atoms with E-state index in [1.54, 1.807) is 0 Å². The number of rotatable bonds is 8. The van der Waals surface area contributed by atoms with Crippen molar-refractivity contribution in [3.8, 4) is 0 Å². The molecular formula is C14H29NO. The molecule has 96 valence electrons. The average molecular weight is 227 g/mol. The summed E-state index contributed by atoms with van der Waals surface area (Å²) in [5.41, 5.74) is 0.255. The number of hydrogen-bond acceptors (Lipinski definition) is 2. The van der Waals surface area contributed by atoms with Gasteiger partial charge in [-0.2, -0.15) is 0 Å². The van der Waals surface area contributed by atoms with Gasteiger partial charge >= 0.3 is 0 Å². The number of unbranched alkanes of at least 4 members (excludes halogenated alkanes) is 1. The Hall–Kier alpha value is -0.0800. The Morgan fingerprint density at radius 2 is 1.88 bits per heavy atom. The molecule has 1 saturated carbocycles. The SMILES string of the molecule is CC(C)(C)NCCCCOCCC1CCC1. The second-order valence-electron chi connectivity index (χ2n) is 6.08. The van der Waals surface area contributed by atoms with Gasteiger partial charge in [-0.05, 0) is 52.5 Å². The summed E-state index contributed by atoms with van der Waals surface area (Å²) in [7, 11) is 0. The van der Waals surface area contributed by atoms with Gasteiger partial charge in [0.25, 0.3) is 0 Å². The minimum Gasteiger partial charge on any atom is -0.381 e. The van der Waals surface area contributed by atoms with Crippen molar-refractivity contribution in [3.05, 3.63) is 0 Å². The molecule has 1 N–H and O–H groups in total. The van der Waals surface area contributed by atoms with Gasteiger partial charge in [0, 0.05) is 18.8 Å². The first-order chi connectivity index (χ1) is 7.58. The normalized spacial score (nSPS) is 17.4. The summed E-state index contributed by atoms with van der Waals surface area (Å²) in [6, 6.07) is 0. The Morgan fingerprint density at radius 1 is 1.12 bits per heavy atom. The Labute approximate surface area is 101 Å². The Balaban J connectivity index is 1.74. The highest BCUT2D eigenvalue weighted by Gasteiger charge is 2.16. The van der Waals surface area contributed by atoms with Crippen LogP contribution < -0.4 is 5.32 Å². The summed E-state index contributed by atoms with van der Waals surface area (Å²) >= 11 is 0. The van der Waals surface area contributed by atoms with Crippen molar-refractivity contribution in [1.82, 2.24) is 5.32 Å². The Bertz CT molecular complexity index is 170. The summed E-state index contributed by atoms with van der Waals surface area (Å²) in [4.78, 5) is 0. The molecular weight excluding hydrogens is 198 g/mol. The lowest BCUT2D eigenvalue weighted by atomic mass is 9.83. The lowest BCUT2D eigenvalue weighted by molar-refractivity contribution is 0.103. The van der Waals surface area contributed by atoms with Crippen molar-refractivity contribution in [3.63, 3.8) is 0 Å². The van der Waals surface area contributed by atoms with Gasteiger partial charge in [-0.15, -0.1) is 0 Å². The van der Waals surface area contributed by atoms with Crippen LogP contribution >= 0.6 is 0 Å². The maximum absolute atomic E-state index is 5.64. The van der Waals surface area contributed by atoms with E-state index in [1.807, 2.05) is 0 Å². The van der Waals surface area contributed by atoms with E-state index in [-0.39, 0.29) is 5.54 Å². The van der Waals surface area contributed by atoms with Crippen molar-refractivity contribution >= 4 is 0 Å². The van der Waals surface area contributed by atoms with Crippen molar-refractivity contribution in [2.24, 2.45) is 5.92 Å². The fourth-order valence-corrected chi connectivity index (χ4v) is 1.93. The Morgan fingerprint density at radius 3 is 2.44 bits per heavy atom. The van der Waals surface area contributed by atoms with E-state index in [0.29, 0.717) is 0 Å². The van der Waals surface area contributed by atoms with Gasteiger partial charge in [0.2, 0.25) is 0 Å². The molecule has 0 atom stereocenters. The molecule has 1 fully saturated rings. The summed E-state index contributed by atoms with van der Waals surface area (Å²) in [6.45, 7) is 9.66. The molecule has 1 aliphatic rings. The lowest BCUT2D eigenvalue weighted by Gasteiger charge is -2.24. The highest BCUT2D eigenvalue weighted by molar-refractivity contribution is 4.70. The van der Waals surface area contributed by atoms with Crippen molar-refractivity contribution in [2.45, 2.75) is 64.8 Å². The summed E-state index contributed by atoms with van der Waals surface area (Å²) < 4.78 is 5.64. The molecule has 2 nitrogen and oxygen atoms in total. The molecule has 0 radical (unpaired) electrons. The fraction of sp³-hybridized carbons (Fsp3) is 1.00. The summed E-state index contributed by atoms with van der Waals surface area (Å²) in [6.07, 6.45) is 8.04. The van der Waals surface area contributed by atoms with E-state index in [2.05, 4.69) is 26.1 Å². The van der Waals surface area contributed by atoms with Gasteiger partial charge in [0.05, 0.1) is 0 Å². The van der Waals surface area contributed by atoms with Crippen LogP contribution in [0.5, 0.6) is 0 Å². The van der Waals surface area contributed by atoms with Crippen molar-refractivity contribution in [2.75, 3.05) is 19.8 Å². The number of nitrogens with one attached hydrogen (secondary N) is 1. The van der Waals surface area contributed by atoms with Gasteiger partial charge in [-0.25, -0.2) is 0 Å². The molecule has 0 aromatic heterocycles. The van der Waals surface area contributed by atoms with Crippen LogP contribution in [0.25, 0.3) is 0 Å². The van der Waals surface area contributed by atoms with Crippen LogP contribution in [0.2, 0.25) is 0 Å². The molecule has 0 spiro atoms. The largest absolute Gasteiger partial charge is 0.381 e. The first-order valence-corrected chi connectivity index (χ1v) is 6.91. The van der Waals surface area contributed by atoms with Crippen molar-refractivity contribution in [1.29, 1.82) is 0 Å². The van der Waals surface area contributed by atoms with E-state index in [4.69, 9.17) is 4.74 Å². The third-order valence-electron chi connectivity index (χ3n) is 3.27. The maximum atomic E-state index is 5.64. The van der Waals surface area contributed by atoms with E-state index in [1.165, 1.54) is 38.5 Å². The third kappa shape index (κ3) is 7.24. The minimum absolute atomic E-state index is 0.255. The minimum atomic E-state index is 0.255. The van der Waals surface area contributed by atoms with Crippen LogP contribution in [0.4, 0.5) is 0 Å². The number of ether oxygens (including phenoxy) is 1. The highest BCUT2D eigenvalue weighted by atomic mass is 16.5. The van der Waals surface area contributed by atoms with E-state index >= 15 is 0 Å². The number of hydrogen-bond donors (Lipinski definition) is 1. The standard InChI is InChI=1S/C14H29NO/c1-14(2,3)15-10-4-5-11-16-12-9-13-7-6-8-13/h13,15H,4-12H2,1-3H3. The van der Waals surface area contributed by atoms with Gasteiger partial charge in [0.1, 0.15) is 0 Å². The third-order valence-corrected chi connectivity index (χ3v) is 3.27. The molecule has 0 saturated heterocycles. The van der Waals surface area contributed by atoms with Crippen LogP contribution in [0.3, 0.4) is 0 Å². The van der Waals surface area contributed by atoms with Crippen LogP contribution in [-0.4, -0.2) is 25.3 Å². The molecule has 0 bridgehead atoms. The van der Waals surface area contributed by atoms with E-state index < -0.39 is 0 Å². The second-order valence-corrected chi connectivity index (χ2v) is 6.08. The summed E-state index contributed by atoms with van der Waals surface area (Å²) in [5, 5.41) is 3.49. The topological polar surface area (TPSA) is 21.3 Å². The molecule has 0 heterocycles. The molecule has 1 rings (SSSR count). The van der Waals surface area contributed by atoms with Gasteiger partial charge in [0.15, 0.2) is 0 Å². The van der Waals surface area contributed by atoms with Crippen LogP contribution in [-0.2, 0) is 4.74 Å². The fourth-order valence-electron chi connectivity index (χ4n) is 1.93. The maximum Gasteiger partial charge on any atom is 0.0468 e. The van der Waals surface area contributed by atoms with E-state index in [9.17, 15) is 0 Å². The molecule has 1 aliphatic carbocycles. The highest BCUT2D eigenvalue weighted by Crippen LogP contribution is 2.29. The molecule has 0 amide bonds. The Kier molecular flexibility index (Phi) is 6.37. The zero-order chi connectivity index (χ0) is 11.9. The van der Waals surface area contributed by atoms with Crippen LogP contribution in [0.1, 0.15) is 59.3 Å². The zero-order valence-electron chi connectivity index (χ0n) is 11.3. The van der Waals surface area contributed by atoms with E-state index in [0.717, 1.165) is 25.7 Å². The zero-order valence-corrected chi connectivity index (χ0v) is 11.3. The molecule has 16 heavy (non-hydrogen) atoms. The van der Waals surface area contributed by atoms with Crippen LogP contribution in [0.15, 0.2) is 0 Å². The summed E-state index contributed by atoms with van der Waals surface area (Å²) in [5.74, 6) is 0.988. The monoisotopic (exact) mass is 227 g/mol. The van der Waals surface area contributed by atoms with Gasteiger partial charge in [-0.3, -0.25) is 0 Å². The van der Waals surface area contributed by atoms with Gasteiger partial charge < -0.3 is 10.1 Å². The lowest BCUT2D eigenvalue weighted by Crippen LogP contribution is -2.36. The molecule has 0 aliphatic heterocycles. The van der Waals surface area contributed by atoms with Crippen molar-refractivity contribution < 1.29 is 4.74 Å². The molecule has 2 heteroatoms. The van der Waals surface area contributed by atoms with Crippen LogP contribution in [0, 0.1) is 5.92 Å². The average Bonchev–Trinajstić information content (AvgIpc) is 2.10. The first kappa shape index (κ1) is 14.0. The smallest absolute Gasteiger partial charge is 0.0468 e. The molecule has 0 unspecified atom stereocenters. The molecule has 0 aromatic rings.